The Labute approximate surface area is 205 Å². The van der Waals surface area contributed by atoms with Crippen LogP contribution in [0, 0.1) is 23.0 Å². The molecule has 4 rings (SSSR count). The molecule has 4 aromatic rings. The number of hydrogen-bond donors (Lipinski definition) is 3. The van der Waals surface area contributed by atoms with Crippen LogP contribution in [0.15, 0.2) is 73.3 Å². The highest BCUT2D eigenvalue weighted by Gasteiger charge is 2.18. The lowest BCUT2D eigenvalue weighted by Crippen LogP contribution is -2.35. The van der Waals surface area contributed by atoms with Crippen molar-refractivity contribution >= 4 is 11.7 Å². The molecule has 0 saturated heterocycles. The maximum atomic E-state index is 14.8. The predicted octanol–water partition coefficient (Wildman–Crippen LogP) is 3.53. The first-order valence-corrected chi connectivity index (χ1v) is 10.9. The number of anilines is 1. The smallest absolute Gasteiger partial charge is 0.253 e. The Morgan fingerprint density at radius 3 is 2.61 bits per heavy atom. The monoisotopic (exact) mass is 485 g/mol. The number of pyridine rings is 1. The van der Waals surface area contributed by atoms with E-state index in [1.54, 1.807) is 36.5 Å². The molecule has 8 nitrogen and oxygen atoms in total. The Hall–Kier alpha value is -4.75. The number of nitrogen functional groups attached to an aromatic ring is 1. The van der Waals surface area contributed by atoms with Crippen LogP contribution in [0.4, 0.5) is 14.6 Å². The summed E-state index contributed by atoms with van der Waals surface area (Å²) in [4.78, 5) is 24.8. The van der Waals surface area contributed by atoms with Crippen LogP contribution in [-0.2, 0) is 6.54 Å². The molecule has 10 heteroatoms. The fourth-order valence-corrected chi connectivity index (χ4v) is 3.52. The van der Waals surface area contributed by atoms with Gasteiger partial charge in [-0.15, -0.1) is 0 Å². The van der Waals surface area contributed by atoms with Crippen LogP contribution in [0.2, 0.25) is 0 Å². The molecule has 36 heavy (non-hydrogen) atoms. The number of aromatic nitrogens is 3. The van der Waals surface area contributed by atoms with E-state index < -0.39 is 23.6 Å². The number of carbonyl (C=O) groups excluding carboxylic acids is 1. The quantitative estimate of drug-likeness (QED) is 0.348. The van der Waals surface area contributed by atoms with E-state index >= 15 is 0 Å². The molecular formula is C26H21F2N7O. The van der Waals surface area contributed by atoms with E-state index in [9.17, 15) is 18.8 Å². The van der Waals surface area contributed by atoms with Gasteiger partial charge in [0.25, 0.3) is 5.91 Å². The van der Waals surface area contributed by atoms with Gasteiger partial charge >= 0.3 is 0 Å². The van der Waals surface area contributed by atoms with E-state index in [4.69, 9.17) is 5.73 Å². The van der Waals surface area contributed by atoms with E-state index in [-0.39, 0.29) is 24.5 Å². The fraction of sp³-hybridized carbons (Fsp3) is 0.115. The molecule has 1 amide bonds. The summed E-state index contributed by atoms with van der Waals surface area (Å²) in [5.74, 6) is -1.21. The van der Waals surface area contributed by atoms with Crippen LogP contribution in [0.3, 0.4) is 0 Å². The van der Waals surface area contributed by atoms with Crippen molar-refractivity contribution in [1.29, 1.82) is 5.26 Å². The number of carbonyl (C=O) groups is 1. The molecule has 2 aromatic carbocycles. The average Bonchev–Trinajstić information content (AvgIpc) is 2.90. The van der Waals surface area contributed by atoms with Gasteiger partial charge in [0.1, 0.15) is 23.5 Å². The summed E-state index contributed by atoms with van der Waals surface area (Å²) in [5, 5.41) is 15.2. The standard InChI is InChI=1S/C26H21F2N7O/c27-21-6-5-16(8-20(21)10-29)24(35-26(36)19-2-1-7-31-12-19)13-32-11-18-4-3-17(9-22(18)28)23-14-34-25(30)15-33-23/h1-9,12,14-15,24,32H,11,13H2,(H2,30,34)(H,35,36)/t24-/m1/s1. The Balaban J connectivity index is 1.49. The van der Waals surface area contributed by atoms with Gasteiger partial charge in [0, 0.05) is 36.6 Å². The summed E-state index contributed by atoms with van der Waals surface area (Å²) < 4.78 is 28.6. The number of nitrogens with one attached hydrogen (secondary N) is 2. The zero-order chi connectivity index (χ0) is 25.5. The van der Waals surface area contributed by atoms with Crippen molar-refractivity contribution in [1.82, 2.24) is 25.6 Å². The van der Waals surface area contributed by atoms with E-state index in [0.29, 0.717) is 27.9 Å². The topological polar surface area (TPSA) is 130 Å². The van der Waals surface area contributed by atoms with Crippen molar-refractivity contribution < 1.29 is 13.6 Å². The zero-order valence-electron chi connectivity index (χ0n) is 19.0. The summed E-state index contributed by atoms with van der Waals surface area (Å²) in [6, 6.07) is 13.2. The van der Waals surface area contributed by atoms with Crippen LogP contribution in [-0.4, -0.2) is 27.4 Å². The van der Waals surface area contributed by atoms with Gasteiger partial charge in [-0.25, -0.2) is 13.8 Å². The van der Waals surface area contributed by atoms with Crippen molar-refractivity contribution in [3.05, 3.63) is 107 Å². The normalized spacial score (nSPS) is 11.5. The zero-order valence-corrected chi connectivity index (χ0v) is 19.0. The molecule has 0 aliphatic carbocycles. The molecule has 1 atom stereocenters. The van der Waals surface area contributed by atoms with E-state index in [0.717, 1.165) is 0 Å². The largest absolute Gasteiger partial charge is 0.382 e. The molecule has 2 heterocycles. The van der Waals surface area contributed by atoms with Crippen molar-refractivity contribution in [2.75, 3.05) is 12.3 Å². The van der Waals surface area contributed by atoms with Crippen molar-refractivity contribution in [2.45, 2.75) is 12.6 Å². The summed E-state index contributed by atoms with van der Waals surface area (Å²) in [6.07, 6.45) is 5.84. The second-order valence-electron chi connectivity index (χ2n) is 7.88. The van der Waals surface area contributed by atoms with Crippen molar-refractivity contribution in [2.24, 2.45) is 0 Å². The highest BCUT2D eigenvalue weighted by atomic mass is 19.1. The van der Waals surface area contributed by atoms with Gasteiger partial charge in [0.15, 0.2) is 0 Å². The van der Waals surface area contributed by atoms with Crippen LogP contribution in [0.5, 0.6) is 0 Å². The summed E-state index contributed by atoms with van der Waals surface area (Å²) >= 11 is 0. The Bertz CT molecular complexity index is 1410. The molecular weight excluding hydrogens is 464 g/mol. The minimum atomic E-state index is -0.653. The maximum Gasteiger partial charge on any atom is 0.253 e. The number of halogens is 2. The first-order valence-electron chi connectivity index (χ1n) is 10.9. The van der Waals surface area contributed by atoms with Gasteiger partial charge in [0.2, 0.25) is 0 Å². The highest BCUT2D eigenvalue weighted by Crippen LogP contribution is 2.21. The number of rotatable bonds is 8. The van der Waals surface area contributed by atoms with Gasteiger partial charge in [0.05, 0.1) is 35.3 Å². The molecule has 0 aliphatic heterocycles. The Kier molecular flexibility index (Phi) is 7.53. The van der Waals surface area contributed by atoms with E-state index in [1.807, 2.05) is 0 Å². The Morgan fingerprint density at radius 1 is 1.06 bits per heavy atom. The number of hydrogen-bond acceptors (Lipinski definition) is 7. The molecule has 0 spiro atoms. The minimum Gasteiger partial charge on any atom is -0.382 e. The van der Waals surface area contributed by atoms with Crippen molar-refractivity contribution in [3.63, 3.8) is 0 Å². The lowest BCUT2D eigenvalue weighted by Gasteiger charge is -2.20. The SMILES string of the molecule is N#Cc1cc([C@@H](CNCc2ccc(-c3cnc(N)cn3)cc2F)NC(=O)c2cccnc2)ccc1F. The Morgan fingerprint density at radius 2 is 1.92 bits per heavy atom. The molecule has 2 aromatic heterocycles. The third kappa shape index (κ3) is 5.84. The number of nitriles is 1. The number of nitrogens with two attached hydrogens (primary N) is 1. The second-order valence-corrected chi connectivity index (χ2v) is 7.88. The van der Waals surface area contributed by atoms with Gasteiger partial charge < -0.3 is 16.4 Å². The molecule has 0 bridgehead atoms. The summed E-state index contributed by atoms with van der Waals surface area (Å²) in [7, 11) is 0. The van der Waals surface area contributed by atoms with E-state index in [2.05, 4.69) is 25.6 Å². The van der Waals surface area contributed by atoms with Crippen LogP contribution >= 0.6 is 0 Å². The fourth-order valence-electron chi connectivity index (χ4n) is 3.52. The number of amides is 1. The average molecular weight is 485 g/mol. The minimum absolute atomic E-state index is 0.138. The van der Waals surface area contributed by atoms with Gasteiger partial charge in [-0.1, -0.05) is 18.2 Å². The predicted molar refractivity (Wildman–Crippen MR) is 129 cm³/mol. The molecule has 0 saturated carbocycles. The van der Waals surface area contributed by atoms with Gasteiger partial charge in [-0.3, -0.25) is 14.8 Å². The first-order chi connectivity index (χ1) is 17.4. The van der Waals surface area contributed by atoms with Crippen molar-refractivity contribution in [3.8, 4) is 17.3 Å². The maximum absolute atomic E-state index is 14.8. The van der Waals surface area contributed by atoms with Crippen LogP contribution in [0.1, 0.15) is 33.1 Å². The number of nitrogens with zero attached hydrogens (tertiary/aromatic N) is 4. The number of benzene rings is 2. The molecule has 4 N–H and O–H groups in total. The third-order valence-electron chi connectivity index (χ3n) is 5.43. The van der Waals surface area contributed by atoms with Crippen LogP contribution < -0.4 is 16.4 Å². The molecule has 0 aliphatic rings. The molecule has 0 fully saturated rings. The van der Waals surface area contributed by atoms with Gasteiger partial charge in [-0.2, -0.15) is 5.26 Å². The lowest BCUT2D eigenvalue weighted by molar-refractivity contribution is 0.0935. The molecule has 0 unspecified atom stereocenters. The van der Waals surface area contributed by atoms with Gasteiger partial charge in [-0.05, 0) is 35.9 Å². The molecule has 180 valence electrons. The summed E-state index contributed by atoms with van der Waals surface area (Å²) in [5.41, 5.74) is 7.72. The summed E-state index contributed by atoms with van der Waals surface area (Å²) in [6.45, 7) is 0.345. The molecule has 0 radical (unpaired) electrons. The highest BCUT2D eigenvalue weighted by molar-refractivity contribution is 5.94. The lowest BCUT2D eigenvalue weighted by atomic mass is 10.0. The second kappa shape index (κ2) is 11.1. The van der Waals surface area contributed by atoms with E-state index in [1.165, 1.54) is 42.9 Å². The first kappa shape index (κ1) is 24.4. The third-order valence-corrected chi connectivity index (χ3v) is 5.43. The van der Waals surface area contributed by atoms with Crippen LogP contribution in [0.25, 0.3) is 11.3 Å².